The quantitative estimate of drug-likeness (QED) is 0.773. The minimum absolute atomic E-state index is 0.0659. The summed E-state index contributed by atoms with van der Waals surface area (Å²) in [5, 5.41) is 12.6. The summed E-state index contributed by atoms with van der Waals surface area (Å²) in [5.41, 5.74) is -0.564. The molecule has 0 aromatic rings. The number of aliphatic carboxylic acids is 1. The zero-order valence-electron chi connectivity index (χ0n) is 12.2. The van der Waals surface area contributed by atoms with Gasteiger partial charge in [-0.15, -0.1) is 0 Å². The third kappa shape index (κ3) is 2.67. The number of nitrogens with one attached hydrogen (secondary N) is 1. The Balaban J connectivity index is 2.19. The van der Waals surface area contributed by atoms with Crippen LogP contribution in [0.1, 0.15) is 39.0 Å². The molecule has 6 nitrogen and oxygen atoms in total. The molecule has 2 aliphatic rings. The number of nitrogens with zero attached hydrogens (tertiary/aromatic N) is 1. The van der Waals surface area contributed by atoms with E-state index in [1.54, 1.807) is 7.11 Å². The van der Waals surface area contributed by atoms with Crippen LogP contribution in [0.3, 0.4) is 0 Å². The molecule has 6 heteroatoms. The molecule has 20 heavy (non-hydrogen) atoms. The molecule has 114 valence electrons. The summed E-state index contributed by atoms with van der Waals surface area (Å²) in [6, 6.07) is -0.761. The van der Waals surface area contributed by atoms with E-state index in [9.17, 15) is 14.7 Å². The molecule has 0 radical (unpaired) electrons. The maximum absolute atomic E-state index is 12.9. The third-order valence-corrected chi connectivity index (χ3v) is 4.47. The largest absolute Gasteiger partial charge is 0.480 e. The fourth-order valence-electron chi connectivity index (χ4n) is 3.44. The van der Waals surface area contributed by atoms with Crippen molar-refractivity contribution in [3.05, 3.63) is 0 Å². The number of likely N-dealkylation sites (tertiary alicyclic amines) is 1. The van der Waals surface area contributed by atoms with Gasteiger partial charge in [-0.25, -0.2) is 4.79 Å². The molecule has 2 aliphatic heterocycles. The second-order valence-electron chi connectivity index (χ2n) is 5.77. The van der Waals surface area contributed by atoms with Crippen LogP contribution in [0.25, 0.3) is 0 Å². The summed E-state index contributed by atoms with van der Waals surface area (Å²) in [5.74, 6) is -1.01. The second-order valence-corrected chi connectivity index (χ2v) is 5.77. The number of rotatable bonds is 5. The Morgan fingerprint density at radius 3 is 2.75 bits per heavy atom. The maximum atomic E-state index is 12.9. The van der Waals surface area contributed by atoms with E-state index < -0.39 is 17.6 Å². The van der Waals surface area contributed by atoms with Crippen LogP contribution in [0.15, 0.2) is 0 Å². The smallest absolute Gasteiger partial charge is 0.326 e. The first-order valence-electron chi connectivity index (χ1n) is 7.36. The van der Waals surface area contributed by atoms with E-state index in [2.05, 4.69) is 5.32 Å². The van der Waals surface area contributed by atoms with Gasteiger partial charge in [-0.3, -0.25) is 4.79 Å². The highest BCUT2D eigenvalue weighted by atomic mass is 16.5. The van der Waals surface area contributed by atoms with Gasteiger partial charge >= 0.3 is 5.97 Å². The van der Waals surface area contributed by atoms with Gasteiger partial charge in [-0.1, -0.05) is 13.3 Å². The Kier molecular flexibility index (Phi) is 4.65. The third-order valence-electron chi connectivity index (χ3n) is 4.47. The fourth-order valence-corrected chi connectivity index (χ4v) is 3.44. The first-order valence-corrected chi connectivity index (χ1v) is 7.36. The van der Waals surface area contributed by atoms with Crippen LogP contribution in [-0.2, 0) is 14.3 Å². The van der Waals surface area contributed by atoms with Crippen molar-refractivity contribution in [2.45, 2.75) is 56.7 Å². The molecule has 2 heterocycles. The lowest BCUT2D eigenvalue weighted by Crippen LogP contribution is -2.57. The topological polar surface area (TPSA) is 78.9 Å². The summed E-state index contributed by atoms with van der Waals surface area (Å²) in [6.07, 6.45) is 3.61. The van der Waals surface area contributed by atoms with Gasteiger partial charge in [0.15, 0.2) is 0 Å². The van der Waals surface area contributed by atoms with Crippen molar-refractivity contribution >= 4 is 11.9 Å². The summed E-state index contributed by atoms with van der Waals surface area (Å²) < 4.78 is 5.25. The van der Waals surface area contributed by atoms with E-state index >= 15 is 0 Å². The van der Waals surface area contributed by atoms with Gasteiger partial charge in [0.2, 0.25) is 5.91 Å². The molecule has 0 spiro atoms. The number of ether oxygens (including phenoxy) is 1. The number of carbonyl (C=O) groups excluding carboxylic acids is 1. The Hall–Kier alpha value is -1.14. The fraction of sp³-hybridized carbons (Fsp3) is 0.857. The SMILES string of the molecule is CCCC1(C(=O)N2CC(OC)CC2C(=O)O)CCCN1. The molecule has 0 bridgehead atoms. The Morgan fingerprint density at radius 1 is 1.50 bits per heavy atom. The molecular weight excluding hydrogens is 260 g/mol. The van der Waals surface area contributed by atoms with Gasteiger partial charge in [0.1, 0.15) is 6.04 Å². The first-order chi connectivity index (χ1) is 9.54. The van der Waals surface area contributed by atoms with Crippen LogP contribution in [0.2, 0.25) is 0 Å². The molecule has 0 saturated carbocycles. The lowest BCUT2D eigenvalue weighted by molar-refractivity contribution is -0.151. The summed E-state index contributed by atoms with van der Waals surface area (Å²) >= 11 is 0. The van der Waals surface area contributed by atoms with Crippen molar-refractivity contribution in [3.8, 4) is 0 Å². The lowest BCUT2D eigenvalue weighted by atomic mass is 9.90. The van der Waals surface area contributed by atoms with E-state index in [-0.39, 0.29) is 12.0 Å². The van der Waals surface area contributed by atoms with Crippen LogP contribution < -0.4 is 5.32 Å². The standard InChI is InChI=1S/C14H24N2O4/c1-3-5-14(6-4-7-15-14)13(19)16-9-10(20-2)8-11(16)12(17)18/h10-11,15H,3-9H2,1-2H3,(H,17,18). The Morgan fingerprint density at radius 2 is 2.25 bits per heavy atom. The van der Waals surface area contributed by atoms with Crippen molar-refractivity contribution in [2.75, 3.05) is 20.2 Å². The van der Waals surface area contributed by atoms with Crippen molar-refractivity contribution in [1.82, 2.24) is 10.2 Å². The van der Waals surface area contributed by atoms with Gasteiger partial charge in [0.25, 0.3) is 0 Å². The zero-order chi connectivity index (χ0) is 14.8. The van der Waals surface area contributed by atoms with Crippen molar-refractivity contribution < 1.29 is 19.4 Å². The van der Waals surface area contributed by atoms with Crippen molar-refractivity contribution in [3.63, 3.8) is 0 Å². The summed E-state index contributed by atoms with van der Waals surface area (Å²) in [7, 11) is 1.56. The van der Waals surface area contributed by atoms with Gasteiger partial charge in [0, 0.05) is 20.1 Å². The lowest BCUT2D eigenvalue weighted by Gasteiger charge is -2.34. The highest BCUT2D eigenvalue weighted by Gasteiger charge is 2.48. The van der Waals surface area contributed by atoms with Crippen LogP contribution in [0.5, 0.6) is 0 Å². The Labute approximate surface area is 119 Å². The molecule has 3 atom stereocenters. The second kappa shape index (κ2) is 6.10. The molecule has 3 unspecified atom stereocenters. The van der Waals surface area contributed by atoms with E-state index in [1.165, 1.54) is 4.90 Å². The van der Waals surface area contributed by atoms with Crippen molar-refractivity contribution in [1.29, 1.82) is 0 Å². The molecule has 2 N–H and O–H groups in total. The monoisotopic (exact) mass is 284 g/mol. The van der Waals surface area contributed by atoms with E-state index in [1.807, 2.05) is 6.92 Å². The molecule has 2 fully saturated rings. The zero-order valence-corrected chi connectivity index (χ0v) is 12.2. The minimum atomic E-state index is -0.942. The number of hydrogen-bond acceptors (Lipinski definition) is 4. The van der Waals surface area contributed by atoms with E-state index in [4.69, 9.17) is 4.74 Å². The Bertz CT molecular complexity index is 379. The van der Waals surface area contributed by atoms with E-state index in [0.717, 1.165) is 32.2 Å². The molecule has 0 aromatic heterocycles. The predicted octanol–water partition coefficient (Wildman–Crippen LogP) is 0.609. The van der Waals surface area contributed by atoms with Gasteiger partial charge in [-0.05, 0) is 25.8 Å². The average Bonchev–Trinajstić information content (AvgIpc) is 3.05. The number of carboxylic acids is 1. The first kappa shape index (κ1) is 15.3. The highest BCUT2D eigenvalue weighted by Crippen LogP contribution is 2.31. The van der Waals surface area contributed by atoms with Crippen molar-refractivity contribution in [2.24, 2.45) is 0 Å². The van der Waals surface area contributed by atoms with E-state index in [0.29, 0.717) is 13.0 Å². The summed E-state index contributed by atoms with van der Waals surface area (Å²) in [6.45, 7) is 3.25. The van der Waals surface area contributed by atoms with Crippen LogP contribution in [0.4, 0.5) is 0 Å². The van der Waals surface area contributed by atoms with Crippen LogP contribution in [-0.4, -0.2) is 59.8 Å². The molecule has 0 aromatic carbocycles. The van der Waals surface area contributed by atoms with Gasteiger partial charge < -0.3 is 20.1 Å². The highest BCUT2D eigenvalue weighted by molar-refractivity contribution is 5.91. The molecular formula is C14H24N2O4. The summed E-state index contributed by atoms with van der Waals surface area (Å²) in [4.78, 5) is 25.8. The number of amides is 1. The number of carboxylic acid groups (broad SMARTS) is 1. The molecule has 1 amide bonds. The minimum Gasteiger partial charge on any atom is -0.480 e. The number of methoxy groups -OCH3 is 1. The molecule has 0 aliphatic carbocycles. The van der Waals surface area contributed by atoms with Gasteiger partial charge in [0.05, 0.1) is 11.6 Å². The van der Waals surface area contributed by atoms with Crippen LogP contribution in [0, 0.1) is 0 Å². The van der Waals surface area contributed by atoms with Gasteiger partial charge in [-0.2, -0.15) is 0 Å². The number of carbonyl (C=O) groups is 2. The number of hydrogen-bond donors (Lipinski definition) is 2. The normalized spacial score (nSPS) is 33.6. The maximum Gasteiger partial charge on any atom is 0.326 e. The predicted molar refractivity (Wildman–Crippen MR) is 73.4 cm³/mol. The molecule has 2 rings (SSSR count). The average molecular weight is 284 g/mol. The van der Waals surface area contributed by atoms with Crippen LogP contribution >= 0.6 is 0 Å². The molecule has 2 saturated heterocycles.